The second kappa shape index (κ2) is 8.57. The van der Waals surface area contributed by atoms with Gasteiger partial charge < -0.3 is 10.3 Å². The van der Waals surface area contributed by atoms with Crippen molar-refractivity contribution in [3.8, 4) is 0 Å². The van der Waals surface area contributed by atoms with Crippen LogP contribution in [0.4, 0.5) is 0 Å². The Morgan fingerprint density at radius 3 is 2.61 bits per heavy atom. The summed E-state index contributed by atoms with van der Waals surface area (Å²) in [6, 6.07) is 10.1. The minimum atomic E-state index is -0.359. The third-order valence-electron chi connectivity index (χ3n) is 6.85. The topological polar surface area (TPSA) is 103 Å². The number of nitrogens with zero attached hydrogens (tertiary/aromatic N) is 4. The zero-order chi connectivity index (χ0) is 23.1. The monoisotopic (exact) mass is 448 g/mol. The molecule has 33 heavy (non-hydrogen) atoms. The average Bonchev–Trinajstić information content (AvgIpc) is 2.76. The van der Waals surface area contributed by atoms with Crippen molar-refractivity contribution in [2.24, 2.45) is 0 Å². The number of carbonyl (C=O) groups excluding carboxylic acids is 1. The molecular weight excluding hydrogens is 420 g/mol. The Morgan fingerprint density at radius 2 is 1.94 bits per heavy atom. The predicted octanol–water partition coefficient (Wildman–Crippen LogP) is 0.748. The summed E-state index contributed by atoms with van der Waals surface area (Å²) in [6.07, 6.45) is 1.82. The van der Waals surface area contributed by atoms with Gasteiger partial charge in [0.15, 0.2) is 0 Å². The number of benzene rings is 1. The summed E-state index contributed by atoms with van der Waals surface area (Å²) in [5.74, 6) is 0.303. The van der Waals surface area contributed by atoms with Crippen molar-refractivity contribution in [3.63, 3.8) is 0 Å². The first-order valence-corrected chi connectivity index (χ1v) is 11.4. The third-order valence-corrected chi connectivity index (χ3v) is 6.85. The molecule has 2 aromatic heterocycles. The smallest absolute Gasteiger partial charge is 0.328 e. The standard InChI is InChI=1S/C24H28N6O3/c1-3-30-23(32)19-6-4-15(8-21(19)27-24(30)33)10-28-13-18(14-28)29-11-17(12-29)16-5-7-20(26-9-16)22(31)25-2/h4-9,17-18H,3,10-14H2,1-2H3,(H,25,31)(H,27,33). The minimum Gasteiger partial charge on any atom is -0.354 e. The van der Waals surface area contributed by atoms with Gasteiger partial charge in [0, 0.05) is 64.5 Å². The zero-order valence-corrected chi connectivity index (χ0v) is 18.9. The van der Waals surface area contributed by atoms with Crippen LogP contribution >= 0.6 is 0 Å². The number of H-pyrrole nitrogens is 1. The van der Waals surface area contributed by atoms with Crippen LogP contribution in [0.15, 0.2) is 46.1 Å². The highest BCUT2D eigenvalue weighted by Crippen LogP contribution is 2.31. The van der Waals surface area contributed by atoms with Crippen molar-refractivity contribution in [2.75, 3.05) is 33.2 Å². The Balaban J connectivity index is 1.14. The molecule has 9 nitrogen and oxygen atoms in total. The van der Waals surface area contributed by atoms with E-state index < -0.39 is 0 Å². The van der Waals surface area contributed by atoms with Crippen molar-refractivity contribution < 1.29 is 4.79 Å². The van der Waals surface area contributed by atoms with Crippen LogP contribution in [0.25, 0.3) is 10.9 Å². The van der Waals surface area contributed by atoms with E-state index in [1.54, 1.807) is 20.0 Å². The van der Waals surface area contributed by atoms with Crippen molar-refractivity contribution in [1.29, 1.82) is 0 Å². The largest absolute Gasteiger partial charge is 0.354 e. The minimum absolute atomic E-state index is 0.165. The van der Waals surface area contributed by atoms with E-state index >= 15 is 0 Å². The number of carbonyl (C=O) groups is 1. The Morgan fingerprint density at radius 1 is 1.15 bits per heavy atom. The van der Waals surface area contributed by atoms with Gasteiger partial charge in [0.2, 0.25) is 0 Å². The van der Waals surface area contributed by atoms with Gasteiger partial charge in [-0.3, -0.25) is 28.9 Å². The molecule has 0 radical (unpaired) electrons. The van der Waals surface area contributed by atoms with Gasteiger partial charge in [-0.1, -0.05) is 12.1 Å². The quantitative estimate of drug-likeness (QED) is 0.577. The Bertz CT molecular complexity index is 1300. The van der Waals surface area contributed by atoms with E-state index in [1.165, 1.54) is 10.1 Å². The van der Waals surface area contributed by atoms with Crippen molar-refractivity contribution >= 4 is 16.8 Å². The molecule has 0 aliphatic carbocycles. The second-order valence-corrected chi connectivity index (χ2v) is 8.91. The molecule has 0 bridgehead atoms. The summed E-state index contributed by atoms with van der Waals surface area (Å²) in [6.45, 7) is 6.99. The number of rotatable bonds is 6. The number of aromatic amines is 1. The first-order valence-electron chi connectivity index (χ1n) is 11.4. The average molecular weight is 449 g/mol. The molecule has 172 valence electrons. The molecule has 0 saturated carbocycles. The van der Waals surface area contributed by atoms with E-state index in [2.05, 4.69) is 25.1 Å². The lowest BCUT2D eigenvalue weighted by Gasteiger charge is -2.52. The van der Waals surface area contributed by atoms with E-state index in [1.807, 2.05) is 30.5 Å². The molecule has 0 unspecified atom stereocenters. The Kier molecular flexibility index (Phi) is 5.59. The fraction of sp³-hybridized carbons (Fsp3) is 0.417. The zero-order valence-electron chi connectivity index (χ0n) is 18.9. The van der Waals surface area contributed by atoms with Crippen LogP contribution in [0, 0.1) is 0 Å². The number of hydrogen-bond acceptors (Lipinski definition) is 6. The van der Waals surface area contributed by atoms with E-state index in [4.69, 9.17) is 0 Å². The number of fused-ring (bicyclic) bond motifs is 1. The van der Waals surface area contributed by atoms with Crippen LogP contribution in [0.3, 0.4) is 0 Å². The van der Waals surface area contributed by atoms with Gasteiger partial charge in [-0.15, -0.1) is 0 Å². The maximum absolute atomic E-state index is 12.4. The third kappa shape index (κ3) is 3.98. The fourth-order valence-corrected chi connectivity index (χ4v) is 4.78. The number of hydrogen-bond donors (Lipinski definition) is 2. The first-order chi connectivity index (χ1) is 16.0. The van der Waals surface area contributed by atoms with Crippen LogP contribution in [-0.4, -0.2) is 69.5 Å². The molecule has 2 N–H and O–H groups in total. The Labute approximate surface area is 191 Å². The molecule has 1 amide bonds. The number of likely N-dealkylation sites (tertiary alicyclic amines) is 2. The lowest BCUT2D eigenvalue weighted by Crippen LogP contribution is -2.64. The molecule has 4 heterocycles. The maximum Gasteiger partial charge on any atom is 0.328 e. The first kappa shape index (κ1) is 21.5. The molecule has 2 fully saturated rings. The van der Waals surface area contributed by atoms with Gasteiger partial charge in [0.25, 0.3) is 11.5 Å². The summed E-state index contributed by atoms with van der Waals surface area (Å²) in [4.78, 5) is 48.2. The highest BCUT2D eigenvalue weighted by Gasteiger charge is 2.39. The highest BCUT2D eigenvalue weighted by molar-refractivity contribution is 5.91. The summed E-state index contributed by atoms with van der Waals surface area (Å²) < 4.78 is 1.22. The molecular formula is C24H28N6O3. The number of aromatic nitrogens is 3. The SMILES string of the molecule is CCn1c(=O)[nH]c2cc(CN3CC(N4CC(c5ccc(C(=O)NC)nc5)C4)C3)ccc2c1=O. The molecule has 2 aliphatic heterocycles. The van der Waals surface area contributed by atoms with Gasteiger partial charge in [0.1, 0.15) is 5.69 Å². The molecule has 0 atom stereocenters. The van der Waals surface area contributed by atoms with E-state index in [0.29, 0.717) is 35.1 Å². The van der Waals surface area contributed by atoms with Gasteiger partial charge in [-0.25, -0.2) is 4.79 Å². The lowest BCUT2D eigenvalue weighted by molar-refractivity contribution is -0.0153. The number of nitrogens with one attached hydrogen (secondary N) is 2. The number of amides is 1. The van der Waals surface area contributed by atoms with E-state index in [0.717, 1.165) is 38.3 Å². The summed E-state index contributed by atoms with van der Waals surface area (Å²) >= 11 is 0. The van der Waals surface area contributed by atoms with E-state index in [-0.39, 0.29) is 17.2 Å². The molecule has 1 aromatic carbocycles. The summed E-state index contributed by atoms with van der Waals surface area (Å²) in [5.41, 5.74) is 2.72. The summed E-state index contributed by atoms with van der Waals surface area (Å²) in [5, 5.41) is 3.14. The van der Waals surface area contributed by atoms with Crippen LogP contribution in [0.5, 0.6) is 0 Å². The van der Waals surface area contributed by atoms with Crippen LogP contribution in [0.2, 0.25) is 0 Å². The summed E-state index contributed by atoms with van der Waals surface area (Å²) in [7, 11) is 1.61. The molecule has 5 rings (SSSR count). The van der Waals surface area contributed by atoms with Gasteiger partial charge in [0.05, 0.1) is 10.9 Å². The molecule has 3 aromatic rings. The van der Waals surface area contributed by atoms with Crippen molar-refractivity contribution in [1.82, 2.24) is 29.7 Å². The fourth-order valence-electron chi connectivity index (χ4n) is 4.78. The van der Waals surface area contributed by atoms with Crippen LogP contribution in [-0.2, 0) is 13.1 Å². The lowest BCUT2D eigenvalue weighted by atomic mass is 9.89. The van der Waals surface area contributed by atoms with E-state index in [9.17, 15) is 14.4 Å². The molecule has 0 spiro atoms. The van der Waals surface area contributed by atoms with Crippen molar-refractivity contribution in [3.05, 3.63) is 74.2 Å². The molecule has 2 aliphatic rings. The van der Waals surface area contributed by atoms with Gasteiger partial charge in [-0.2, -0.15) is 0 Å². The van der Waals surface area contributed by atoms with Gasteiger partial charge in [-0.05, 0) is 36.2 Å². The molecule has 2 saturated heterocycles. The normalized spacial score (nSPS) is 17.6. The second-order valence-electron chi connectivity index (χ2n) is 8.91. The van der Waals surface area contributed by atoms with Crippen LogP contribution in [0.1, 0.15) is 34.5 Å². The number of pyridine rings is 1. The maximum atomic E-state index is 12.4. The van der Waals surface area contributed by atoms with Crippen LogP contribution < -0.4 is 16.6 Å². The van der Waals surface area contributed by atoms with Gasteiger partial charge >= 0.3 is 5.69 Å². The van der Waals surface area contributed by atoms with Crippen molar-refractivity contribution in [2.45, 2.75) is 32.0 Å². The Hall–Kier alpha value is -3.30. The predicted molar refractivity (Wildman–Crippen MR) is 126 cm³/mol. The highest BCUT2D eigenvalue weighted by atomic mass is 16.2. The molecule has 9 heteroatoms.